The lowest BCUT2D eigenvalue weighted by Gasteiger charge is -2.22. The van der Waals surface area contributed by atoms with E-state index in [2.05, 4.69) is 31.0 Å². The summed E-state index contributed by atoms with van der Waals surface area (Å²) in [5, 5.41) is 2.69. The SMILES string of the molecule is CCCCCCC(CCCCCC)CCCOC(=O)CCCCCN(CCCCCC)CCOCCOCCNC(=O)OC(C)(C)C. The molecule has 0 unspecified atom stereocenters. The highest BCUT2D eigenvalue weighted by molar-refractivity contribution is 5.69. The summed E-state index contributed by atoms with van der Waals surface area (Å²) in [4.78, 5) is 26.5. The lowest BCUT2D eigenvalue weighted by Crippen LogP contribution is -2.34. The van der Waals surface area contributed by atoms with Crippen LogP contribution in [0.25, 0.3) is 0 Å². The number of carbonyl (C=O) groups excluding carboxylic acids is 2. The second-order valence-electron chi connectivity index (χ2n) is 14.3. The van der Waals surface area contributed by atoms with E-state index >= 15 is 0 Å². The van der Waals surface area contributed by atoms with E-state index < -0.39 is 11.7 Å². The van der Waals surface area contributed by atoms with Crippen molar-refractivity contribution >= 4 is 12.1 Å². The number of nitrogens with zero attached hydrogens (tertiary/aromatic N) is 1. The summed E-state index contributed by atoms with van der Waals surface area (Å²) in [6.45, 7) is 18.5. The molecule has 1 amide bonds. The summed E-state index contributed by atoms with van der Waals surface area (Å²) >= 11 is 0. The Kier molecular flexibility index (Phi) is 32.2. The van der Waals surface area contributed by atoms with E-state index in [1.165, 1.54) is 96.3 Å². The fraction of sp³-hybridized carbons (Fsp3) is 0.949. The molecule has 0 bridgehead atoms. The summed E-state index contributed by atoms with van der Waals surface area (Å²) in [6.07, 6.45) is 23.7. The van der Waals surface area contributed by atoms with Gasteiger partial charge >= 0.3 is 12.1 Å². The Hall–Kier alpha value is -1.38. The molecule has 0 radical (unpaired) electrons. The summed E-state index contributed by atoms with van der Waals surface area (Å²) in [5.74, 6) is 0.769. The summed E-state index contributed by atoms with van der Waals surface area (Å²) < 4.78 is 22.2. The van der Waals surface area contributed by atoms with Gasteiger partial charge in [-0.25, -0.2) is 4.79 Å². The maximum atomic E-state index is 12.4. The summed E-state index contributed by atoms with van der Waals surface area (Å²) in [5.41, 5.74) is -0.499. The minimum absolute atomic E-state index is 0.0277. The third kappa shape index (κ3) is 34.3. The molecule has 0 aromatic carbocycles. The molecule has 0 spiro atoms. The molecule has 8 heteroatoms. The van der Waals surface area contributed by atoms with Crippen LogP contribution in [0.2, 0.25) is 0 Å². The van der Waals surface area contributed by atoms with Crippen molar-refractivity contribution in [2.75, 3.05) is 59.2 Å². The van der Waals surface area contributed by atoms with Crippen molar-refractivity contribution in [3.8, 4) is 0 Å². The van der Waals surface area contributed by atoms with Crippen molar-refractivity contribution in [2.24, 2.45) is 5.92 Å². The molecule has 8 nitrogen and oxygen atoms in total. The molecule has 0 atom stereocenters. The van der Waals surface area contributed by atoms with E-state index in [4.69, 9.17) is 18.9 Å². The van der Waals surface area contributed by atoms with Gasteiger partial charge in [-0.15, -0.1) is 0 Å². The van der Waals surface area contributed by atoms with Crippen LogP contribution in [-0.4, -0.2) is 81.8 Å². The zero-order valence-electron chi connectivity index (χ0n) is 32.0. The van der Waals surface area contributed by atoms with E-state index in [9.17, 15) is 9.59 Å². The van der Waals surface area contributed by atoms with Crippen LogP contribution in [0.1, 0.15) is 170 Å². The smallest absolute Gasteiger partial charge is 0.407 e. The van der Waals surface area contributed by atoms with Crippen LogP contribution in [0.4, 0.5) is 4.79 Å². The summed E-state index contributed by atoms with van der Waals surface area (Å²) in [6, 6.07) is 0. The molecule has 0 saturated heterocycles. The Labute approximate surface area is 291 Å². The van der Waals surface area contributed by atoms with Crippen molar-refractivity contribution in [3.05, 3.63) is 0 Å². The monoisotopic (exact) mass is 671 g/mol. The molecule has 0 saturated carbocycles. The number of carbonyl (C=O) groups is 2. The minimum Gasteiger partial charge on any atom is -0.466 e. The Balaban J connectivity index is 4.09. The van der Waals surface area contributed by atoms with Crippen LogP contribution >= 0.6 is 0 Å². The van der Waals surface area contributed by atoms with Crippen molar-refractivity contribution in [2.45, 2.75) is 176 Å². The molecule has 0 aliphatic heterocycles. The van der Waals surface area contributed by atoms with Crippen LogP contribution in [0.3, 0.4) is 0 Å². The van der Waals surface area contributed by atoms with Gasteiger partial charge in [0.05, 0.1) is 33.0 Å². The molecular weight excluding hydrogens is 592 g/mol. The van der Waals surface area contributed by atoms with Gasteiger partial charge < -0.3 is 29.2 Å². The Morgan fingerprint density at radius 3 is 1.70 bits per heavy atom. The van der Waals surface area contributed by atoms with Crippen LogP contribution < -0.4 is 5.32 Å². The second-order valence-corrected chi connectivity index (χ2v) is 14.3. The number of amides is 1. The largest absolute Gasteiger partial charge is 0.466 e. The molecule has 0 aliphatic carbocycles. The number of hydrogen-bond acceptors (Lipinski definition) is 7. The molecule has 0 aromatic rings. The number of nitrogens with one attached hydrogen (secondary N) is 1. The van der Waals surface area contributed by atoms with Gasteiger partial charge in [0.25, 0.3) is 0 Å². The zero-order chi connectivity index (χ0) is 34.9. The fourth-order valence-corrected chi connectivity index (χ4v) is 5.72. The van der Waals surface area contributed by atoms with Crippen molar-refractivity contribution in [1.82, 2.24) is 10.2 Å². The van der Waals surface area contributed by atoms with Crippen LogP contribution in [0.15, 0.2) is 0 Å². The van der Waals surface area contributed by atoms with Crippen molar-refractivity contribution < 1.29 is 28.5 Å². The highest BCUT2D eigenvalue weighted by Crippen LogP contribution is 2.23. The molecule has 280 valence electrons. The number of esters is 1. The fourth-order valence-electron chi connectivity index (χ4n) is 5.72. The zero-order valence-corrected chi connectivity index (χ0v) is 32.0. The molecule has 0 fully saturated rings. The van der Waals surface area contributed by atoms with E-state index in [-0.39, 0.29) is 5.97 Å². The van der Waals surface area contributed by atoms with Crippen molar-refractivity contribution in [1.29, 1.82) is 0 Å². The maximum Gasteiger partial charge on any atom is 0.407 e. The number of hydrogen-bond donors (Lipinski definition) is 1. The first-order valence-corrected chi connectivity index (χ1v) is 19.7. The standard InChI is InChI=1S/C39H78N2O6/c1-7-10-13-17-23-36(24-18-14-11-8-2)25-22-31-46-37(42)26-19-16-21-29-41(28-20-15-12-9-3)30-33-45-35-34-44-32-27-40-38(43)47-39(4,5)6/h36H,7-35H2,1-6H3,(H,40,43). The normalized spacial score (nSPS) is 11.8. The first-order chi connectivity index (χ1) is 22.7. The van der Waals surface area contributed by atoms with Gasteiger partial charge in [-0.3, -0.25) is 4.79 Å². The highest BCUT2D eigenvalue weighted by atomic mass is 16.6. The van der Waals surface area contributed by atoms with Crippen LogP contribution in [-0.2, 0) is 23.7 Å². The van der Waals surface area contributed by atoms with Crippen molar-refractivity contribution in [3.63, 3.8) is 0 Å². The molecule has 0 rings (SSSR count). The highest BCUT2D eigenvalue weighted by Gasteiger charge is 2.15. The predicted octanol–water partition coefficient (Wildman–Crippen LogP) is 9.87. The third-order valence-electron chi connectivity index (χ3n) is 8.47. The third-order valence-corrected chi connectivity index (χ3v) is 8.47. The van der Waals surface area contributed by atoms with Gasteiger partial charge in [0.15, 0.2) is 0 Å². The average molecular weight is 671 g/mol. The van der Waals surface area contributed by atoms with Crippen LogP contribution in [0.5, 0.6) is 0 Å². The molecule has 0 heterocycles. The second kappa shape index (κ2) is 33.1. The quantitative estimate of drug-likeness (QED) is 0.0539. The number of unbranched alkanes of at least 4 members (excludes halogenated alkanes) is 11. The topological polar surface area (TPSA) is 86.3 Å². The number of alkyl carbamates (subject to hydrolysis) is 1. The minimum atomic E-state index is -0.499. The Morgan fingerprint density at radius 1 is 0.596 bits per heavy atom. The summed E-state index contributed by atoms with van der Waals surface area (Å²) in [7, 11) is 0. The lowest BCUT2D eigenvalue weighted by atomic mass is 9.91. The average Bonchev–Trinajstić information content (AvgIpc) is 3.02. The Morgan fingerprint density at radius 2 is 1.13 bits per heavy atom. The number of ether oxygens (including phenoxy) is 4. The first-order valence-electron chi connectivity index (χ1n) is 19.7. The maximum absolute atomic E-state index is 12.4. The first kappa shape index (κ1) is 45.6. The van der Waals surface area contributed by atoms with Gasteiger partial charge in [0.2, 0.25) is 0 Å². The van der Waals surface area contributed by atoms with Crippen LogP contribution in [0, 0.1) is 5.92 Å². The van der Waals surface area contributed by atoms with Gasteiger partial charge in [0, 0.05) is 19.5 Å². The number of rotatable bonds is 34. The molecule has 0 aromatic heterocycles. The Bertz CT molecular complexity index is 687. The van der Waals surface area contributed by atoms with Gasteiger partial charge in [-0.05, 0) is 71.9 Å². The molecule has 1 N–H and O–H groups in total. The lowest BCUT2D eigenvalue weighted by molar-refractivity contribution is -0.144. The van der Waals surface area contributed by atoms with Gasteiger partial charge in [-0.2, -0.15) is 0 Å². The molecule has 47 heavy (non-hydrogen) atoms. The van der Waals surface area contributed by atoms with Gasteiger partial charge in [-0.1, -0.05) is 111 Å². The predicted molar refractivity (Wildman–Crippen MR) is 196 cm³/mol. The van der Waals surface area contributed by atoms with E-state index in [0.29, 0.717) is 46.0 Å². The van der Waals surface area contributed by atoms with E-state index in [1.807, 2.05) is 20.8 Å². The van der Waals surface area contributed by atoms with E-state index in [1.54, 1.807) is 0 Å². The van der Waals surface area contributed by atoms with E-state index in [0.717, 1.165) is 51.2 Å². The van der Waals surface area contributed by atoms with Gasteiger partial charge in [0.1, 0.15) is 5.60 Å². The molecular formula is C39H78N2O6. The molecule has 0 aliphatic rings.